The van der Waals surface area contributed by atoms with Crippen LogP contribution in [0, 0.1) is 9.49 Å². The Bertz CT molecular complexity index is 378. The molecule has 0 radical (unpaired) electrons. The standard InChI is InChI=1S/C13H16BrIO2/c14-12-2-1-10(15)8-11(12)13(16)7-9-3-5-17-6-4-9/h1-2,8-9,13,16H,3-7H2. The predicted octanol–water partition coefficient (Wildman–Crippen LogP) is 3.90. The summed E-state index contributed by atoms with van der Waals surface area (Å²) in [7, 11) is 0. The van der Waals surface area contributed by atoms with Crippen LogP contribution in [0.3, 0.4) is 0 Å². The zero-order chi connectivity index (χ0) is 12.3. The molecule has 94 valence electrons. The van der Waals surface area contributed by atoms with Crippen LogP contribution < -0.4 is 0 Å². The maximum atomic E-state index is 10.3. The zero-order valence-electron chi connectivity index (χ0n) is 9.53. The van der Waals surface area contributed by atoms with Crippen LogP contribution in [0.5, 0.6) is 0 Å². The molecule has 1 N–H and O–H groups in total. The van der Waals surface area contributed by atoms with Crippen molar-refractivity contribution in [2.24, 2.45) is 5.92 Å². The minimum atomic E-state index is -0.373. The number of hydrogen-bond donors (Lipinski definition) is 1. The Morgan fingerprint density at radius 3 is 2.82 bits per heavy atom. The normalized spacial score (nSPS) is 19.2. The molecule has 4 heteroatoms. The first-order chi connectivity index (χ1) is 8.16. The van der Waals surface area contributed by atoms with Gasteiger partial charge in [0, 0.05) is 21.3 Å². The molecule has 1 heterocycles. The summed E-state index contributed by atoms with van der Waals surface area (Å²) in [6.07, 6.45) is 2.60. The first-order valence-corrected chi connectivity index (χ1v) is 7.74. The molecule has 0 amide bonds. The second kappa shape index (κ2) is 6.50. The highest BCUT2D eigenvalue weighted by Gasteiger charge is 2.20. The Kier molecular flexibility index (Phi) is 5.26. The van der Waals surface area contributed by atoms with Crippen LogP contribution in [-0.4, -0.2) is 18.3 Å². The van der Waals surface area contributed by atoms with Gasteiger partial charge < -0.3 is 9.84 Å². The maximum Gasteiger partial charge on any atom is 0.0804 e. The van der Waals surface area contributed by atoms with E-state index < -0.39 is 0 Å². The molecule has 1 fully saturated rings. The summed E-state index contributed by atoms with van der Waals surface area (Å²) in [4.78, 5) is 0. The molecule has 0 spiro atoms. The van der Waals surface area contributed by atoms with Crippen molar-refractivity contribution in [2.45, 2.75) is 25.4 Å². The summed E-state index contributed by atoms with van der Waals surface area (Å²) in [6, 6.07) is 6.09. The minimum Gasteiger partial charge on any atom is -0.388 e. The number of benzene rings is 1. The average molecular weight is 411 g/mol. The van der Waals surface area contributed by atoms with E-state index in [1.165, 1.54) is 0 Å². The van der Waals surface area contributed by atoms with Gasteiger partial charge in [-0.3, -0.25) is 0 Å². The lowest BCUT2D eigenvalue weighted by Gasteiger charge is -2.24. The Morgan fingerprint density at radius 2 is 2.12 bits per heavy atom. The third-order valence-electron chi connectivity index (χ3n) is 3.21. The molecule has 1 aromatic carbocycles. The van der Waals surface area contributed by atoms with Crippen LogP contribution in [0.1, 0.15) is 30.9 Å². The molecule has 0 aromatic heterocycles. The molecular formula is C13H16BrIO2. The van der Waals surface area contributed by atoms with Crippen molar-refractivity contribution in [3.05, 3.63) is 31.8 Å². The number of rotatable bonds is 3. The van der Waals surface area contributed by atoms with E-state index in [0.717, 1.165) is 46.1 Å². The number of ether oxygens (including phenoxy) is 1. The molecule has 0 aliphatic carbocycles. The Hall–Kier alpha value is 0.350. The fraction of sp³-hybridized carbons (Fsp3) is 0.538. The molecular weight excluding hydrogens is 395 g/mol. The minimum absolute atomic E-state index is 0.373. The van der Waals surface area contributed by atoms with E-state index >= 15 is 0 Å². The zero-order valence-corrected chi connectivity index (χ0v) is 13.3. The fourth-order valence-corrected chi connectivity index (χ4v) is 3.22. The number of hydrogen-bond acceptors (Lipinski definition) is 2. The van der Waals surface area contributed by atoms with Crippen LogP contribution in [0.15, 0.2) is 22.7 Å². The van der Waals surface area contributed by atoms with E-state index in [2.05, 4.69) is 44.6 Å². The molecule has 1 atom stereocenters. The third kappa shape index (κ3) is 3.91. The molecule has 1 aromatic rings. The van der Waals surface area contributed by atoms with Gasteiger partial charge in [0.25, 0.3) is 0 Å². The Balaban J connectivity index is 2.02. The topological polar surface area (TPSA) is 29.5 Å². The summed E-state index contributed by atoms with van der Waals surface area (Å²) < 4.78 is 7.49. The van der Waals surface area contributed by atoms with Gasteiger partial charge in [-0.15, -0.1) is 0 Å². The first kappa shape index (κ1) is 13.8. The van der Waals surface area contributed by atoms with Crippen LogP contribution in [0.4, 0.5) is 0 Å². The van der Waals surface area contributed by atoms with Crippen molar-refractivity contribution in [3.8, 4) is 0 Å². The molecule has 2 nitrogen and oxygen atoms in total. The molecule has 0 saturated carbocycles. The van der Waals surface area contributed by atoms with Crippen LogP contribution in [-0.2, 0) is 4.74 Å². The lowest BCUT2D eigenvalue weighted by molar-refractivity contribution is 0.0434. The molecule has 0 bridgehead atoms. The van der Waals surface area contributed by atoms with E-state index in [1.54, 1.807) is 0 Å². The molecule has 1 aliphatic heterocycles. The van der Waals surface area contributed by atoms with Gasteiger partial charge >= 0.3 is 0 Å². The van der Waals surface area contributed by atoms with Gasteiger partial charge in [-0.1, -0.05) is 15.9 Å². The molecule has 2 rings (SSSR count). The van der Waals surface area contributed by atoms with Gasteiger partial charge in [0.05, 0.1) is 6.10 Å². The monoisotopic (exact) mass is 410 g/mol. The maximum absolute atomic E-state index is 10.3. The fourth-order valence-electron chi connectivity index (χ4n) is 2.19. The molecule has 1 aliphatic rings. The molecule has 1 saturated heterocycles. The summed E-state index contributed by atoms with van der Waals surface area (Å²) in [5.74, 6) is 0.587. The summed E-state index contributed by atoms with van der Waals surface area (Å²) >= 11 is 5.78. The average Bonchev–Trinajstić information content (AvgIpc) is 2.33. The highest BCUT2D eigenvalue weighted by atomic mass is 127. The van der Waals surface area contributed by atoms with Crippen LogP contribution >= 0.6 is 38.5 Å². The predicted molar refractivity (Wildman–Crippen MR) is 80.0 cm³/mol. The second-order valence-corrected chi connectivity index (χ2v) is 6.57. The van der Waals surface area contributed by atoms with E-state index in [-0.39, 0.29) is 6.10 Å². The molecule has 17 heavy (non-hydrogen) atoms. The smallest absolute Gasteiger partial charge is 0.0804 e. The van der Waals surface area contributed by atoms with Crippen LogP contribution in [0.2, 0.25) is 0 Å². The number of halogens is 2. The van der Waals surface area contributed by atoms with Crippen molar-refractivity contribution in [1.82, 2.24) is 0 Å². The van der Waals surface area contributed by atoms with Gasteiger partial charge in [-0.25, -0.2) is 0 Å². The van der Waals surface area contributed by atoms with Gasteiger partial charge in [-0.05, 0) is 71.5 Å². The summed E-state index contributed by atoms with van der Waals surface area (Å²) in [6.45, 7) is 1.68. The SMILES string of the molecule is OC(CC1CCOCC1)c1cc(I)ccc1Br. The largest absolute Gasteiger partial charge is 0.388 e. The van der Waals surface area contributed by atoms with Gasteiger partial charge in [0.1, 0.15) is 0 Å². The highest BCUT2D eigenvalue weighted by molar-refractivity contribution is 14.1. The van der Waals surface area contributed by atoms with Crippen molar-refractivity contribution in [3.63, 3.8) is 0 Å². The number of aliphatic hydroxyl groups excluding tert-OH is 1. The van der Waals surface area contributed by atoms with Crippen molar-refractivity contribution in [2.75, 3.05) is 13.2 Å². The van der Waals surface area contributed by atoms with Gasteiger partial charge in [-0.2, -0.15) is 0 Å². The van der Waals surface area contributed by atoms with E-state index in [1.807, 2.05) is 12.1 Å². The second-order valence-electron chi connectivity index (χ2n) is 4.47. The lowest BCUT2D eigenvalue weighted by Crippen LogP contribution is -2.18. The van der Waals surface area contributed by atoms with Crippen molar-refractivity contribution >= 4 is 38.5 Å². The van der Waals surface area contributed by atoms with Gasteiger partial charge in [0.2, 0.25) is 0 Å². The number of aliphatic hydroxyl groups is 1. The van der Waals surface area contributed by atoms with Crippen molar-refractivity contribution < 1.29 is 9.84 Å². The Labute approximate surface area is 124 Å². The van der Waals surface area contributed by atoms with E-state index in [0.29, 0.717) is 5.92 Å². The van der Waals surface area contributed by atoms with Crippen molar-refractivity contribution in [1.29, 1.82) is 0 Å². The summed E-state index contributed by atoms with van der Waals surface area (Å²) in [5, 5.41) is 10.3. The van der Waals surface area contributed by atoms with E-state index in [9.17, 15) is 5.11 Å². The van der Waals surface area contributed by atoms with Crippen LogP contribution in [0.25, 0.3) is 0 Å². The van der Waals surface area contributed by atoms with Gasteiger partial charge in [0.15, 0.2) is 0 Å². The third-order valence-corrected chi connectivity index (χ3v) is 4.61. The first-order valence-electron chi connectivity index (χ1n) is 5.87. The Morgan fingerprint density at radius 1 is 1.41 bits per heavy atom. The summed E-state index contributed by atoms with van der Waals surface area (Å²) in [5.41, 5.74) is 1.00. The molecule has 1 unspecified atom stereocenters. The highest BCUT2D eigenvalue weighted by Crippen LogP contribution is 2.32. The lowest BCUT2D eigenvalue weighted by atomic mass is 9.91. The quantitative estimate of drug-likeness (QED) is 0.765. The van der Waals surface area contributed by atoms with E-state index in [4.69, 9.17) is 4.74 Å².